The van der Waals surface area contributed by atoms with Gasteiger partial charge in [0.05, 0.1) is 13.2 Å². The number of hydrogen-bond acceptors (Lipinski definition) is 10. The Morgan fingerprint density at radius 2 is 2.06 bits per heavy atom. The van der Waals surface area contributed by atoms with Crippen molar-refractivity contribution < 1.29 is 39.6 Å². The topological polar surface area (TPSA) is 198 Å². The average molecular weight is 456 g/mol. The molecule has 7 N–H and O–H groups in total. The second-order valence-corrected chi connectivity index (χ2v) is 7.26. The summed E-state index contributed by atoms with van der Waals surface area (Å²) in [6.07, 6.45) is -3.56. The molecule has 1 saturated heterocycles. The van der Waals surface area contributed by atoms with Crippen LogP contribution >= 0.6 is 0 Å². The van der Waals surface area contributed by atoms with Gasteiger partial charge in [-0.15, -0.1) is 5.06 Å². The highest BCUT2D eigenvalue weighted by Crippen LogP contribution is 2.43. The number of nitrogens with one attached hydrogen (secondary N) is 2. The Kier molecular flexibility index (Phi) is 6.30. The van der Waals surface area contributed by atoms with E-state index in [1.54, 1.807) is 36.2 Å². The summed E-state index contributed by atoms with van der Waals surface area (Å²) in [7, 11) is 0. The Morgan fingerprint density at radius 1 is 1.38 bits per heavy atom. The molecule has 14 heteroatoms. The van der Waals surface area contributed by atoms with Gasteiger partial charge in [-0.1, -0.05) is 34.3 Å². The van der Waals surface area contributed by atoms with Crippen molar-refractivity contribution in [3.8, 4) is 0 Å². The van der Waals surface area contributed by atoms with Crippen LogP contribution in [0.4, 0.5) is 4.48 Å². The maximum atomic E-state index is 12.6. The minimum Gasteiger partial charge on any atom is -0.394 e. The van der Waals surface area contributed by atoms with Crippen LogP contribution in [0.25, 0.3) is 0 Å². The van der Waals surface area contributed by atoms with Crippen molar-refractivity contribution in [1.82, 2.24) is 20.2 Å². The highest BCUT2D eigenvalue weighted by molar-refractivity contribution is 5.92. The molecule has 0 bridgehead atoms. The van der Waals surface area contributed by atoms with E-state index >= 15 is 0 Å². The lowest BCUT2D eigenvalue weighted by atomic mass is 10.00. The first kappa shape index (κ1) is 23.7. The molecule has 1 aromatic heterocycles. The number of ether oxygens (including phenoxy) is 1. The van der Waals surface area contributed by atoms with E-state index in [4.69, 9.17) is 4.74 Å². The summed E-state index contributed by atoms with van der Waals surface area (Å²) in [5, 5.41) is 53.2. The summed E-state index contributed by atoms with van der Waals surface area (Å²) in [6.45, 7) is 0.276. The van der Waals surface area contributed by atoms with Crippen LogP contribution in [-0.4, -0.2) is 70.7 Å². The molecule has 2 heterocycles. The second kappa shape index (κ2) is 8.51. The number of aliphatic hydroxyl groups excluding tert-OH is 2. The number of carbonyl (C=O) groups excluding carboxylic acids is 1. The zero-order chi connectivity index (χ0) is 23.8. The lowest BCUT2D eigenvalue weighted by Gasteiger charge is -2.42. The molecule has 1 aliphatic heterocycles. The van der Waals surface area contributed by atoms with Crippen LogP contribution < -0.4 is 16.8 Å². The molecule has 1 aliphatic rings. The van der Waals surface area contributed by atoms with Gasteiger partial charge in [-0.3, -0.25) is 14.6 Å². The number of hydrogen-bond donors (Lipinski definition) is 7. The van der Waals surface area contributed by atoms with E-state index in [2.05, 4.69) is 0 Å². The fourth-order valence-electron chi connectivity index (χ4n) is 3.52. The third-order valence-corrected chi connectivity index (χ3v) is 5.15. The van der Waals surface area contributed by atoms with Crippen molar-refractivity contribution >= 4 is 5.91 Å². The lowest BCUT2D eigenvalue weighted by molar-refractivity contribution is -0.413. The van der Waals surface area contributed by atoms with Gasteiger partial charge < -0.3 is 30.4 Å². The summed E-state index contributed by atoms with van der Waals surface area (Å²) in [5.74, 6) is -4.95. The molecule has 13 nitrogen and oxygen atoms in total. The smallest absolute Gasteiger partial charge is 0.332 e. The number of amides is 1. The van der Waals surface area contributed by atoms with Gasteiger partial charge in [0, 0.05) is 6.20 Å². The summed E-state index contributed by atoms with van der Waals surface area (Å²) in [6, 6.07) is 6.57. The first-order valence-corrected chi connectivity index (χ1v) is 9.20. The van der Waals surface area contributed by atoms with E-state index in [-0.39, 0.29) is 9.63 Å². The largest absolute Gasteiger partial charge is 0.394 e. The van der Waals surface area contributed by atoms with Crippen LogP contribution in [0.2, 0.25) is 0 Å². The molecule has 0 unspecified atom stereocenters. The Bertz CT molecular complexity index is 1140. The molecule has 4 atom stereocenters. The van der Waals surface area contributed by atoms with Crippen LogP contribution in [0.15, 0.2) is 40.1 Å². The minimum absolute atomic E-state index is 0.0779. The third kappa shape index (κ3) is 3.63. The zero-order valence-corrected chi connectivity index (χ0v) is 16.6. The Hall–Kier alpha value is -2.98. The van der Waals surface area contributed by atoms with E-state index < -0.39 is 59.7 Å². The number of aromatic nitrogens is 2. The third-order valence-electron chi connectivity index (χ3n) is 5.15. The highest BCUT2D eigenvalue weighted by Gasteiger charge is 2.70. The molecule has 1 fully saturated rings. The monoisotopic (exact) mass is 456 g/mol. The van der Waals surface area contributed by atoms with E-state index in [9.17, 15) is 44.5 Å². The number of nitrogens with zero attached hydrogens (tertiary/aromatic N) is 2. The number of hydroxylamine groups is 2. The van der Waals surface area contributed by atoms with Crippen molar-refractivity contribution in [2.45, 2.75) is 37.3 Å². The van der Waals surface area contributed by atoms with Crippen LogP contribution in [0, 0.1) is 6.92 Å². The van der Waals surface area contributed by atoms with Gasteiger partial charge in [0.15, 0.2) is 0 Å². The van der Waals surface area contributed by atoms with Crippen molar-refractivity contribution in [1.29, 1.82) is 0 Å². The molecule has 0 radical (unpaired) electrons. The summed E-state index contributed by atoms with van der Waals surface area (Å²) < 4.78 is 17.8. The van der Waals surface area contributed by atoms with Gasteiger partial charge in [-0.25, -0.2) is 9.36 Å². The molecule has 3 rings (SSSR count). The predicted molar refractivity (Wildman–Crippen MR) is 102 cm³/mol. The summed E-state index contributed by atoms with van der Waals surface area (Å²) in [4.78, 5) is 37.5. The molecule has 0 saturated carbocycles. The molecule has 1 aromatic carbocycles. The van der Waals surface area contributed by atoms with Gasteiger partial charge in [0.2, 0.25) is 5.72 Å². The Labute approximate surface area is 178 Å². The quantitative estimate of drug-likeness (QED) is 0.137. The van der Waals surface area contributed by atoms with Crippen LogP contribution in [0.3, 0.4) is 0 Å². The minimum atomic E-state index is -3.36. The molecule has 32 heavy (non-hydrogen) atoms. The number of benzene rings is 1. The number of aromatic amines is 1. The Balaban J connectivity index is 2.17. The van der Waals surface area contributed by atoms with E-state index in [1.807, 2.05) is 0 Å². The first-order valence-electron chi connectivity index (χ1n) is 9.20. The number of rotatable bonds is 6. The maximum absolute atomic E-state index is 12.6. The van der Waals surface area contributed by atoms with Crippen molar-refractivity contribution in [2.24, 2.45) is 0 Å². The van der Waals surface area contributed by atoms with E-state index in [0.717, 1.165) is 5.56 Å². The predicted octanol–water partition coefficient (Wildman–Crippen LogP) is -2.61. The zero-order valence-electron chi connectivity index (χ0n) is 16.6. The number of halogens is 1. The molecular formula is C18H21FN4O9. The molecular weight excluding hydrogens is 435 g/mol. The number of aryl methyl sites for hydroxylation is 1. The Morgan fingerprint density at radius 3 is 2.66 bits per heavy atom. The van der Waals surface area contributed by atoms with Crippen molar-refractivity contribution in [2.75, 3.05) is 6.61 Å². The average Bonchev–Trinajstić information content (AvgIpc) is 2.95. The van der Waals surface area contributed by atoms with Gasteiger partial charge in [0.25, 0.3) is 11.5 Å². The van der Waals surface area contributed by atoms with Gasteiger partial charge in [-0.2, -0.15) is 5.54 Å². The van der Waals surface area contributed by atoms with E-state index in [0.29, 0.717) is 17.3 Å². The van der Waals surface area contributed by atoms with Gasteiger partial charge in [-0.05, 0) is 12.5 Å². The fraction of sp³-hybridized carbons (Fsp3) is 0.389. The standard InChI is InChI=1S/C18H21FN4O9/c1-9-3-2-4-10(5-9)6-23(31)17(29)13(25)12(8-24)32-18(17,30)22-7-11(15(27)21-19)14(26)20-16(22)28/h2-5,7,12-13,24-25,29-31H,6,8H2,1H3,(H,21,27)(H,20,26,28)/t12-,13-,17-,18+/m1/s1. The van der Waals surface area contributed by atoms with Crippen molar-refractivity contribution in [3.05, 3.63) is 68.0 Å². The molecule has 0 spiro atoms. The van der Waals surface area contributed by atoms with E-state index in [1.165, 1.54) is 0 Å². The van der Waals surface area contributed by atoms with Crippen LogP contribution in [0.5, 0.6) is 0 Å². The summed E-state index contributed by atoms with van der Waals surface area (Å²) in [5.41, 5.74) is -5.12. The maximum Gasteiger partial charge on any atom is 0.332 e. The molecule has 2 aromatic rings. The van der Waals surface area contributed by atoms with Crippen LogP contribution in [-0.2, 0) is 17.2 Å². The highest BCUT2D eigenvalue weighted by atomic mass is 19.2. The first-order chi connectivity index (χ1) is 15.0. The normalized spacial score (nSPS) is 27.6. The number of carbonyl (C=O) groups is 1. The second-order valence-electron chi connectivity index (χ2n) is 7.26. The summed E-state index contributed by atoms with van der Waals surface area (Å²) >= 11 is 0. The molecule has 174 valence electrons. The number of H-pyrrole nitrogens is 1. The van der Waals surface area contributed by atoms with Gasteiger partial charge in [0.1, 0.15) is 17.8 Å². The molecule has 1 amide bonds. The fourth-order valence-corrected chi connectivity index (χ4v) is 3.52. The SMILES string of the molecule is Cc1cccc(CN(O)[C@@]2(O)[C@H](O)[C@@H](CO)O[C@]2(O)n2cc(C(=O)NF)c(=O)[nH]c2=O)c1. The van der Waals surface area contributed by atoms with Gasteiger partial charge >= 0.3 is 11.6 Å². The van der Waals surface area contributed by atoms with Crippen LogP contribution in [0.1, 0.15) is 21.5 Å². The number of aliphatic hydroxyl groups is 4. The molecule has 0 aliphatic carbocycles. The van der Waals surface area contributed by atoms with Crippen molar-refractivity contribution in [3.63, 3.8) is 0 Å². The lowest BCUT2D eigenvalue weighted by Crippen LogP contribution is -2.68.